The minimum absolute atomic E-state index is 0.0984. The van der Waals surface area contributed by atoms with Crippen LogP contribution < -0.4 is 14.8 Å². The number of hydrogen-bond donors (Lipinski definition) is 6. The third-order valence-electron chi connectivity index (χ3n) is 2.91. The molecule has 1 atom stereocenters. The Labute approximate surface area is 162 Å². The summed E-state index contributed by atoms with van der Waals surface area (Å²) >= 11 is 0. The lowest BCUT2D eigenvalue weighted by Gasteiger charge is -2.15. The van der Waals surface area contributed by atoms with Crippen LogP contribution in [0.4, 0.5) is 0 Å². The molecule has 1 aromatic carbocycles. The highest BCUT2D eigenvalue weighted by Crippen LogP contribution is 2.15. The van der Waals surface area contributed by atoms with Crippen molar-refractivity contribution in [2.75, 3.05) is 40.3 Å². The van der Waals surface area contributed by atoms with Crippen LogP contribution in [0.5, 0.6) is 11.5 Å². The van der Waals surface area contributed by atoms with Crippen molar-refractivity contribution in [3.8, 4) is 11.5 Å². The summed E-state index contributed by atoms with van der Waals surface area (Å²) < 4.78 is 31.7. The predicted molar refractivity (Wildman–Crippen MR) is 98.4 cm³/mol. The zero-order valence-corrected chi connectivity index (χ0v) is 16.2. The maximum Gasteiger partial charge on any atom is 0.414 e. The molecular formula is C15H25N3O9S. The van der Waals surface area contributed by atoms with Gasteiger partial charge in [0.1, 0.15) is 24.2 Å². The predicted octanol–water partition coefficient (Wildman–Crippen LogP) is -1.73. The molecule has 0 aromatic heterocycles. The average molecular weight is 423 g/mol. The van der Waals surface area contributed by atoms with Crippen molar-refractivity contribution in [3.05, 3.63) is 24.3 Å². The summed E-state index contributed by atoms with van der Waals surface area (Å²) in [5, 5.41) is 36.6. The number of aliphatic hydroxyl groups excluding tert-OH is 1. The van der Waals surface area contributed by atoms with E-state index in [1.165, 1.54) is 26.2 Å². The van der Waals surface area contributed by atoms with Crippen molar-refractivity contribution in [3.63, 3.8) is 0 Å². The summed E-state index contributed by atoms with van der Waals surface area (Å²) in [6.07, 6.45) is -0.723. The van der Waals surface area contributed by atoms with Crippen LogP contribution in [0.25, 0.3) is 0 Å². The molecule has 0 spiro atoms. The van der Waals surface area contributed by atoms with Crippen molar-refractivity contribution in [2.24, 2.45) is 0 Å². The molecule has 0 aliphatic rings. The van der Waals surface area contributed by atoms with Crippen LogP contribution in [0.15, 0.2) is 24.3 Å². The van der Waals surface area contributed by atoms with Crippen LogP contribution in [-0.4, -0.2) is 91.5 Å². The zero-order valence-electron chi connectivity index (χ0n) is 15.4. The molecule has 0 aliphatic carbocycles. The zero-order chi connectivity index (χ0) is 21.7. The lowest BCUT2D eigenvalue weighted by Crippen LogP contribution is -2.41. The second-order valence-electron chi connectivity index (χ2n) is 5.45. The number of phenols is 1. The van der Waals surface area contributed by atoms with Gasteiger partial charge < -0.3 is 30.5 Å². The molecule has 0 heterocycles. The molecule has 0 bridgehead atoms. The Kier molecular flexibility index (Phi) is 11.7. The number of nitrogens with zero attached hydrogens (tertiary/aromatic N) is 1. The first-order valence-electron chi connectivity index (χ1n) is 7.89. The Morgan fingerprint density at radius 1 is 1.11 bits per heavy atom. The molecule has 0 saturated heterocycles. The van der Waals surface area contributed by atoms with E-state index in [0.29, 0.717) is 12.3 Å². The lowest BCUT2D eigenvalue weighted by molar-refractivity contribution is -0.159. The van der Waals surface area contributed by atoms with Gasteiger partial charge in [0.05, 0.1) is 0 Å². The molecule has 0 saturated carbocycles. The second kappa shape index (κ2) is 12.9. The number of ether oxygens (including phenoxy) is 1. The Hall–Kier alpha value is -2.45. The van der Waals surface area contributed by atoms with Gasteiger partial charge in [0.15, 0.2) is 0 Å². The lowest BCUT2D eigenvalue weighted by atomic mass is 10.3. The number of carboxylic acid groups (broad SMARTS) is 2. The summed E-state index contributed by atoms with van der Waals surface area (Å²) in [6.45, 7) is 0.998. The van der Waals surface area contributed by atoms with E-state index >= 15 is 0 Å². The first-order valence-corrected chi connectivity index (χ1v) is 9.33. The van der Waals surface area contributed by atoms with E-state index in [1.54, 1.807) is 12.1 Å². The average Bonchev–Trinajstić information content (AvgIpc) is 2.61. The van der Waals surface area contributed by atoms with Crippen LogP contribution >= 0.6 is 0 Å². The fraction of sp³-hybridized carbons (Fsp3) is 0.467. The third kappa shape index (κ3) is 12.0. The van der Waals surface area contributed by atoms with Gasteiger partial charge in [-0.15, -0.1) is 0 Å². The molecule has 0 fully saturated rings. The number of hydrogen-bond acceptors (Lipinski definition) is 8. The Balaban J connectivity index is 0.00000105. The molecule has 1 unspecified atom stereocenters. The van der Waals surface area contributed by atoms with E-state index in [-0.39, 0.29) is 25.4 Å². The topological polar surface area (TPSA) is 186 Å². The van der Waals surface area contributed by atoms with Gasteiger partial charge in [0.25, 0.3) is 10.2 Å². The summed E-state index contributed by atoms with van der Waals surface area (Å²) in [4.78, 5) is 18.2. The number of rotatable bonds is 10. The maximum atomic E-state index is 11.4. The Bertz CT molecular complexity index is 696. The summed E-state index contributed by atoms with van der Waals surface area (Å²) in [6, 6.07) is 6.20. The normalized spacial score (nSPS) is 12.0. The third-order valence-corrected chi connectivity index (χ3v) is 4.44. The molecule has 13 heteroatoms. The Morgan fingerprint density at radius 3 is 2.11 bits per heavy atom. The molecule has 1 aromatic rings. The van der Waals surface area contributed by atoms with Crippen LogP contribution in [0, 0.1) is 0 Å². The van der Waals surface area contributed by atoms with E-state index < -0.39 is 28.3 Å². The quantitative estimate of drug-likeness (QED) is 0.187. The molecule has 0 aliphatic heterocycles. The molecule has 160 valence electrons. The monoisotopic (exact) mass is 423 g/mol. The van der Waals surface area contributed by atoms with Gasteiger partial charge in [0, 0.05) is 33.7 Å². The van der Waals surface area contributed by atoms with E-state index in [2.05, 4.69) is 10.0 Å². The molecule has 6 N–H and O–H groups in total. The highest BCUT2D eigenvalue weighted by atomic mass is 32.2. The van der Waals surface area contributed by atoms with Crippen molar-refractivity contribution in [1.29, 1.82) is 0 Å². The van der Waals surface area contributed by atoms with Crippen molar-refractivity contribution < 1.29 is 43.2 Å². The van der Waals surface area contributed by atoms with Crippen molar-refractivity contribution >= 4 is 22.1 Å². The molecular weight excluding hydrogens is 398 g/mol. The number of carboxylic acids is 2. The van der Waals surface area contributed by atoms with Gasteiger partial charge in [-0.2, -0.15) is 12.7 Å². The van der Waals surface area contributed by atoms with Crippen LogP contribution in [0.2, 0.25) is 0 Å². The van der Waals surface area contributed by atoms with E-state index in [1.807, 2.05) is 0 Å². The molecule has 28 heavy (non-hydrogen) atoms. The number of phenolic OH excluding ortho intramolecular Hbond substituents is 1. The number of carbonyl (C=O) groups is 2. The number of benzene rings is 1. The van der Waals surface area contributed by atoms with E-state index in [4.69, 9.17) is 29.6 Å². The highest BCUT2D eigenvalue weighted by molar-refractivity contribution is 7.87. The van der Waals surface area contributed by atoms with Crippen LogP contribution in [0.3, 0.4) is 0 Å². The standard InChI is InChI=1S/C13H23N3O5S.C2H2O4/c1-16(2)22(19,20)15-8-7-14-9-12(18)10-21-13-5-3-11(17)4-6-13;3-1(4)2(5)6/h3-6,12,14-15,17-18H,7-10H2,1-2H3;(H,3,4)(H,5,6). The molecule has 0 amide bonds. The number of aromatic hydroxyl groups is 1. The van der Waals surface area contributed by atoms with Crippen molar-refractivity contribution in [2.45, 2.75) is 6.10 Å². The fourth-order valence-electron chi connectivity index (χ4n) is 1.46. The summed E-state index contributed by atoms with van der Waals surface area (Å²) in [5.74, 6) is -2.95. The highest BCUT2D eigenvalue weighted by Gasteiger charge is 2.11. The molecule has 12 nitrogen and oxygen atoms in total. The van der Waals surface area contributed by atoms with E-state index in [9.17, 15) is 13.5 Å². The van der Waals surface area contributed by atoms with Gasteiger partial charge in [-0.05, 0) is 24.3 Å². The van der Waals surface area contributed by atoms with Crippen LogP contribution in [0.1, 0.15) is 0 Å². The smallest absolute Gasteiger partial charge is 0.414 e. The second-order valence-corrected chi connectivity index (χ2v) is 7.42. The Morgan fingerprint density at radius 2 is 1.64 bits per heavy atom. The van der Waals surface area contributed by atoms with Gasteiger partial charge >= 0.3 is 11.9 Å². The SMILES string of the molecule is CN(C)S(=O)(=O)NCCNCC(O)COc1ccc(O)cc1.O=C(O)C(=O)O. The largest absolute Gasteiger partial charge is 0.508 e. The molecule has 1 rings (SSSR count). The van der Waals surface area contributed by atoms with E-state index in [0.717, 1.165) is 4.31 Å². The van der Waals surface area contributed by atoms with Gasteiger partial charge in [-0.25, -0.2) is 14.3 Å². The van der Waals surface area contributed by atoms with Crippen molar-refractivity contribution in [1.82, 2.24) is 14.3 Å². The first-order chi connectivity index (χ1) is 13.0. The van der Waals surface area contributed by atoms with Gasteiger partial charge in [-0.1, -0.05) is 0 Å². The minimum Gasteiger partial charge on any atom is -0.508 e. The molecule has 0 radical (unpaired) electrons. The van der Waals surface area contributed by atoms with Gasteiger partial charge in [-0.3, -0.25) is 0 Å². The summed E-state index contributed by atoms with van der Waals surface area (Å²) in [5.41, 5.74) is 0. The number of nitrogens with one attached hydrogen (secondary N) is 2. The van der Waals surface area contributed by atoms with Gasteiger partial charge in [0.2, 0.25) is 0 Å². The minimum atomic E-state index is -3.41. The van der Waals surface area contributed by atoms with Crippen LogP contribution in [-0.2, 0) is 19.8 Å². The summed E-state index contributed by atoms with van der Waals surface area (Å²) in [7, 11) is -0.524. The maximum absolute atomic E-state index is 11.4. The first kappa shape index (κ1) is 25.6. The number of aliphatic hydroxyl groups is 1. The number of aliphatic carboxylic acids is 2. The fourth-order valence-corrected chi connectivity index (χ4v) is 2.08.